The molecule has 2 aliphatic heterocycles. The van der Waals surface area contributed by atoms with Crippen molar-refractivity contribution in [2.45, 2.75) is 18.9 Å². The zero-order valence-corrected chi connectivity index (χ0v) is 12.3. The van der Waals surface area contributed by atoms with Crippen LogP contribution in [0.3, 0.4) is 0 Å². The number of rotatable bonds is 2. The Bertz CT molecular complexity index is 673. The van der Waals surface area contributed by atoms with Gasteiger partial charge in [-0.05, 0) is 25.0 Å². The normalized spacial score (nSPS) is 20.9. The molecule has 2 amide bonds. The highest BCUT2D eigenvalue weighted by Gasteiger charge is 2.42. The molecule has 0 spiro atoms. The van der Waals surface area contributed by atoms with Crippen molar-refractivity contribution in [2.75, 3.05) is 19.3 Å². The van der Waals surface area contributed by atoms with Crippen LogP contribution in [0.1, 0.15) is 33.7 Å². The van der Waals surface area contributed by atoms with Gasteiger partial charge in [-0.2, -0.15) is 0 Å². The first-order valence-corrected chi connectivity index (χ1v) is 8.52. The number of carbonyl (C=O) groups excluding carboxylic acids is 2. The smallest absolute Gasteiger partial charge is 0.270 e. The van der Waals surface area contributed by atoms with E-state index in [1.54, 1.807) is 12.1 Å². The minimum absolute atomic E-state index is 0.188. The lowest BCUT2D eigenvalue weighted by Crippen LogP contribution is -2.48. The molecule has 1 aromatic heterocycles. The zero-order valence-electron chi connectivity index (χ0n) is 11.5. The van der Waals surface area contributed by atoms with Gasteiger partial charge in [-0.1, -0.05) is 0 Å². The standard InChI is InChI=1S/C13H15N3O4S/c1-21(19,20)15-7-4-9(5-8-15)16-12(17)10-3-2-6-14-11(10)13(16)18/h2-3,6,9H,4-5,7-8H2,1H3. The Morgan fingerprint density at radius 2 is 1.86 bits per heavy atom. The number of hydrogen-bond donors (Lipinski definition) is 0. The van der Waals surface area contributed by atoms with E-state index >= 15 is 0 Å². The third-order valence-corrected chi connectivity index (χ3v) is 5.24. The van der Waals surface area contributed by atoms with Crippen LogP contribution >= 0.6 is 0 Å². The molecule has 3 rings (SSSR count). The maximum Gasteiger partial charge on any atom is 0.280 e. The molecule has 0 bridgehead atoms. The molecule has 1 saturated heterocycles. The third kappa shape index (κ3) is 2.34. The van der Waals surface area contributed by atoms with E-state index in [-0.39, 0.29) is 23.6 Å². The van der Waals surface area contributed by atoms with Crippen LogP contribution in [-0.4, -0.2) is 59.8 Å². The summed E-state index contributed by atoms with van der Waals surface area (Å²) in [5.41, 5.74) is 0.515. The first kappa shape index (κ1) is 14.2. The molecule has 21 heavy (non-hydrogen) atoms. The summed E-state index contributed by atoms with van der Waals surface area (Å²) in [5, 5.41) is 0. The van der Waals surface area contributed by atoms with Gasteiger partial charge in [-0.15, -0.1) is 0 Å². The SMILES string of the molecule is CS(=O)(=O)N1CCC(N2C(=O)c3cccnc3C2=O)CC1. The van der Waals surface area contributed by atoms with E-state index in [9.17, 15) is 18.0 Å². The molecule has 7 nitrogen and oxygen atoms in total. The highest BCUT2D eigenvalue weighted by Crippen LogP contribution is 2.27. The summed E-state index contributed by atoms with van der Waals surface area (Å²) in [5.74, 6) is -0.714. The Kier molecular flexibility index (Phi) is 3.29. The number of aromatic nitrogens is 1. The maximum atomic E-state index is 12.3. The van der Waals surface area contributed by atoms with E-state index in [0.29, 0.717) is 31.5 Å². The average Bonchev–Trinajstić information content (AvgIpc) is 2.71. The van der Waals surface area contributed by atoms with Crippen molar-refractivity contribution in [3.8, 4) is 0 Å². The van der Waals surface area contributed by atoms with Crippen LogP contribution in [0.5, 0.6) is 0 Å². The highest BCUT2D eigenvalue weighted by atomic mass is 32.2. The van der Waals surface area contributed by atoms with Gasteiger partial charge in [0.15, 0.2) is 0 Å². The van der Waals surface area contributed by atoms with Gasteiger partial charge in [0.25, 0.3) is 11.8 Å². The van der Waals surface area contributed by atoms with Gasteiger partial charge in [0.1, 0.15) is 5.69 Å². The second kappa shape index (κ2) is 4.88. The van der Waals surface area contributed by atoms with Crippen LogP contribution in [0.4, 0.5) is 0 Å². The summed E-state index contributed by atoms with van der Waals surface area (Å²) in [4.78, 5) is 29.8. The summed E-state index contributed by atoms with van der Waals surface area (Å²) >= 11 is 0. The first-order valence-electron chi connectivity index (χ1n) is 6.67. The monoisotopic (exact) mass is 309 g/mol. The van der Waals surface area contributed by atoms with Crippen LogP contribution in [0.25, 0.3) is 0 Å². The van der Waals surface area contributed by atoms with Crippen LogP contribution in [0.2, 0.25) is 0 Å². The van der Waals surface area contributed by atoms with E-state index in [1.807, 2.05) is 0 Å². The topological polar surface area (TPSA) is 87.7 Å². The highest BCUT2D eigenvalue weighted by molar-refractivity contribution is 7.88. The molecule has 0 N–H and O–H groups in total. The van der Waals surface area contributed by atoms with Crippen molar-refractivity contribution in [1.82, 2.24) is 14.2 Å². The van der Waals surface area contributed by atoms with Gasteiger partial charge in [0.05, 0.1) is 11.8 Å². The van der Waals surface area contributed by atoms with Crippen molar-refractivity contribution >= 4 is 21.8 Å². The minimum atomic E-state index is -3.22. The fourth-order valence-corrected chi connectivity index (χ4v) is 3.72. The van der Waals surface area contributed by atoms with Gasteiger partial charge >= 0.3 is 0 Å². The molecular weight excluding hydrogens is 294 g/mol. The van der Waals surface area contributed by atoms with Crippen LogP contribution < -0.4 is 0 Å². The average molecular weight is 309 g/mol. The predicted molar refractivity (Wildman–Crippen MR) is 74.2 cm³/mol. The molecule has 8 heteroatoms. The van der Waals surface area contributed by atoms with Crippen molar-refractivity contribution < 1.29 is 18.0 Å². The van der Waals surface area contributed by atoms with Crippen molar-refractivity contribution in [3.63, 3.8) is 0 Å². The van der Waals surface area contributed by atoms with Crippen molar-refractivity contribution in [3.05, 3.63) is 29.6 Å². The van der Waals surface area contributed by atoms with Gasteiger partial charge in [0, 0.05) is 25.3 Å². The van der Waals surface area contributed by atoms with E-state index in [4.69, 9.17) is 0 Å². The van der Waals surface area contributed by atoms with Gasteiger partial charge < -0.3 is 0 Å². The fourth-order valence-electron chi connectivity index (χ4n) is 2.85. The molecule has 2 aliphatic rings. The summed E-state index contributed by atoms with van der Waals surface area (Å²) in [7, 11) is -3.22. The van der Waals surface area contributed by atoms with Gasteiger partial charge in [-0.3, -0.25) is 19.5 Å². The molecule has 0 unspecified atom stereocenters. The molecular formula is C13H15N3O4S. The van der Waals surface area contributed by atoms with E-state index < -0.39 is 10.0 Å². The molecule has 3 heterocycles. The van der Waals surface area contributed by atoms with Crippen LogP contribution in [0, 0.1) is 0 Å². The Hall–Kier alpha value is -1.80. The molecule has 1 aromatic rings. The summed E-state index contributed by atoms with van der Waals surface area (Å²) < 4.78 is 24.4. The predicted octanol–water partition coefficient (Wildman–Crippen LogP) is 0.102. The number of sulfonamides is 1. The van der Waals surface area contributed by atoms with Gasteiger partial charge in [-0.25, -0.2) is 12.7 Å². The number of fused-ring (bicyclic) bond motifs is 1. The lowest BCUT2D eigenvalue weighted by molar-refractivity contribution is 0.0535. The van der Waals surface area contributed by atoms with Crippen molar-refractivity contribution in [2.24, 2.45) is 0 Å². The van der Waals surface area contributed by atoms with Gasteiger partial charge in [0.2, 0.25) is 10.0 Å². The molecule has 112 valence electrons. The van der Waals surface area contributed by atoms with Crippen LogP contribution in [-0.2, 0) is 10.0 Å². The van der Waals surface area contributed by atoms with E-state index in [0.717, 1.165) is 0 Å². The molecule has 0 saturated carbocycles. The Labute approximate surface area is 122 Å². The molecule has 0 aromatic carbocycles. The molecule has 0 atom stereocenters. The van der Waals surface area contributed by atoms with Crippen LogP contribution in [0.15, 0.2) is 18.3 Å². The third-order valence-electron chi connectivity index (χ3n) is 3.94. The van der Waals surface area contributed by atoms with Crippen molar-refractivity contribution in [1.29, 1.82) is 0 Å². The molecule has 0 aliphatic carbocycles. The first-order chi connectivity index (χ1) is 9.89. The number of hydrogen-bond acceptors (Lipinski definition) is 5. The second-order valence-electron chi connectivity index (χ2n) is 5.27. The Balaban J connectivity index is 1.79. The summed E-state index contributed by atoms with van der Waals surface area (Å²) in [6, 6.07) is 2.95. The van der Waals surface area contributed by atoms with E-state index in [1.165, 1.54) is 21.7 Å². The summed E-state index contributed by atoms with van der Waals surface area (Å²) in [6.07, 6.45) is 3.57. The quantitative estimate of drug-likeness (QED) is 0.723. The lowest BCUT2D eigenvalue weighted by atomic mass is 10.1. The number of carbonyl (C=O) groups is 2. The minimum Gasteiger partial charge on any atom is -0.270 e. The second-order valence-corrected chi connectivity index (χ2v) is 7.26. The maximum absolute atomic E-state index is 12.3. The zero-order chi connectivity index (χ0) is 15.2. The number of nitrogens with zero attached hydrogens (tertiary/aromatic N) is 3. The lowest BCUT2D eigenvalue weighted by Gasteiger charge is -2.34. The Morgan fingerprint density at radius 3 is 2.43 bits per heavy atom. The largest absolute Gasteiger partial charge is 0.280 e. The number of imide groups is 1. The summed E-state index contributed by atoms with van der Waals surface area (Å²) in [6.45, 7) is 0.647. The number of pyridine rings is 1. The fraction of sp³-hybridized carbons (Fsp3) is 0.462. The van der Waals surface area contributed by atoms with E-state index in [2.05, 4.69) is 4.98 Å². The number of amides is 2. The number of piperidine rings is 1. The molecule has 1 fully saturated rings. The molecule has 0 radical (unpaired) electrons. The Morgan fingerprint density at radius 1 is 1.19 bits per heavy atom.